The fourth-order valence-electron chi connectivity index (χ4n) is 7.20. The highest BCUT2D eigenvalue weighted by Crippen LogP contribution is 2.39. The van der Waals surface area contributed by atoms with Gasteiger partial charge in [-0.05, 0) is 29.1 Å². The molecule has 4 aromatic carbocycles. The summed E-state index contributed by atoms with van der Waals surface area (Å²) >= 11 is 0. The Labute approximate surface area is 320 Å². The number of nitrogens with zero attached hydrogens (tertiary/aromatic N) is 3. The van der Waals surface area contributed by atoms with E-state index in [1.54, 1.807) is 0 Å². The van der Waals surface area contributed by atoms with Crippen LogP contribution in [0.2, 0.25) is 0 Å². The monoisotopic (exact) mass is 750 g/mol. The fraction of sp³-hybridized carbons (Fsp3) is 0.405. The molecule has 3 aliphatic rings. The molecule has 3 aliphatic heterocycles. The zero-order valence-corrected chi connectivity index (χ0v) is 30.7. The standard InChI is InChI=1S/C42H46N4O9/c1-27-35(48-23-29-15-7-3-8-16-29)38(49-24-30-17-9-4-10-18-30)39(50-25-31-19-11-5-12-20-31)42(52-27)55-37-34(44-28(2)47)40(45-46-43)53-33-26-51-41(54-36(33)37)32-21-13-6-14-22-32/h3-22,27,33-42H,23-26H2,1-2H3,(H,44,47)/t27-,33+,34+,35+,36+,37+,38+,39-,40+,41?,42-/m0/s1. The average molecular weight is 751 g/mol. The minimum Gasteiger partial charge on any atom is -0.368 e. The van der Waals surface area contributed by atoms with Crippen LogP contribution in [0.5, 0.6) is 0 Å². The van der Waals surface area contributed by atoms with Gasteiger partial charge in [0.2, 0.25) is 5.91 Å². The van der Waals surface area contributed by atoms with Crippen LogP contribution in [0.3, 0.4) is 0 Å². The summed E-state index contributed by atoms with van der Waals surface area (Å²) in [5, 5.41) is 6.82. The Bertz CT molecular complexity index is 1840. The molecule has 1 amide bonds. The Balaban J connectivity index is 1.24. The highest BCUT2D eigenvalue weighted by atomic mass is 16.8. The average Bonchev–Trinajstić information content (AvgIpc) is 3.21. The van der Waals surface area contributed by atoms with Gasteiger partial charge in [0.15, 0.2) is 18.8 Å². The van der Waals surface area contributed by atoms with Crippen molar-refractivity contribution in [1.29, 1.82) is 0 Å². The van der Waals surface area contributed by atoms with Crippen LogP contribution in [-0.4, -0.2) is 73.8 Å². The third kappa shape index (κ3) is 9.78. The van der Waals surface area contributed by atoms with Crippen molar-refractivity contribution in [3.05, 3.63) is 154 Å². The quantitative estimate of drug-likeness (QED) is 0.0862. The first-order valence-corrected chi connectivity index (χ1v) is 18.5. The van der Waals surface area contributed by atoms with Crippen molar-refractivity contribution in [1.82, 2.24) is 5.32 Å². The van der Waals surface area contributed by atoms with Crippen molar-refractivity contribution in [3.8, 4) is 0 Å². The molecule has 1 unspecified atom stereocenters. The summed E-state index contributed by atoms with van der Waals surface area (Å²) < 4.78 is 52.8. The van der Waals surface area contributed by atoms with Crippen molar-refractivity contribution in [2.24, 2.45) is 5.11 Å². The van der Waals surface area contributed by atoms with Gasteiger partial charge in [-0.1, -0.05) is 126 Å². The van der Waals surface area contributed by atoms with Crippen molar-refractivity contribution in [2.75, 3.05) is 6.61 Å². The molecule has 0 radical (unpaired) electrons. The molecule has 0 spiro atoms. The number of rotatable bonds is 14. The van der Waals surface area contributed by atoms with E-state index in [1.165, 1.54) is 6.92 Å². The lowest BCUT2D eigenvalue weighted by molar-refractivity contribution is -0.367. The van der Waals surface area contributed by atoms with Crippen LogP contribution in [0.25, 0.3) is 10.4 Å². The first kappa shape index (κ1) is 38.6. The Hall–Kier alpha value is -4.66. The predicted octanol–water partition coefficient (Wildman–Crippen LogP) is 6.53. The van der Waals surface area contributed by atoms with E-state index in [4.69, 9.17) is 37.9 Å². The van der Waals surface area contributed by atoms with Crippen LogP contribution < -0.4 is 5.32 Å². The summed E-state index contributed by atoms with van der Waals surface area (Å²) in [5.74, 6) is -0.376. The number of carbonyl (C=O) groups is 1. The summed E-state index contributed by atoms with van der Waals surface area (Å²) in [6.45, 7) is 4.21. The molecular weight excluding hydrogens is 704 g/mol. The predicted molar refractivity (Wildman–Crippen MR) is 200 cm³/mol. The summed E-state index contributed by atoms with van der Waals surface area (Å²) in [4.78, 5) is 15.7. The first-order chi connectivity index (χ1) is 27.0. The molecule has 7 rings (SSSR count). The maximum atomic E-state index is 12.7. The van der Waals surface area contributed by atoms with Gasteiger partial charge in [-0.25, -0.2) is 0 Å². The van der Waals surface area contributed by atoms with E-state index in [0.29, 0.717) is 6.61 Å². The third-order valence-electron chi connectivity index (χ3n) is 9.84. The molecule has 0 saturated carbocycles. The molecule has 11 atom stereocenters. The number of azide groups is 1. The molecule has 0 aromatic heterocycles. The van der Waals surface area contributed by atoms with Gasteiger partial charge in [-0.3, -0.25) is 4.79 Å². The zero-order valence-electron chi connectivity index (χ0n) is 30.7. The minimum atomic E-state index is -1.14. The molecule has 3 fully saturated rings. The van der Waals surface area contributed by atoms with Crippen LogP contribution in [0, 0.1) is 0 Å². The molecule has 55 heavy (non-hydrogen) atoms. The van der Waals surface area contributed by atoms with E-state index in [-0.39, 0.29) is 25.7 Å². The SMILES string of the molecule is CC(=O)N[C@@H]1[C@@H](O[C@@H]2O[C@@H](C)[C@@H](OCc3ccccc3)[C@@H](OCc3ccccc3)[C@@H]2OCc2ccccc2)[C@@H]2OC(c3ccccc3)OC[C@H]2O[C@H]1N=[N+]=[N-]. The summed E-state index contributed by atoms with van der Waals surface area (Å²) in [5.41, 5.74) is 13.3. The van der Waals surface area contributed by atoms with Gasteiger partial charge >= 0.3 is 0 Å². The van der Waals surface area contributed by atoms with E-state index in [1.807, 2.05) is 128 Å². The maximum absolute atomic E-state index is 12.7. The van der Waals surface area contributed by atoms with Gasteiger partial charge in [-0.15, -0.1) is 0 Å². The normalized spacial score (nSPS) is 30.4. The Morgan fingerprint density at radius 1 is 0.727 bits per heavy atom. The van der Waals surface area contributed by atoms with Crippen LogP contribution in [-0.2, 0) is 62.5 Å². The van der Waals surface area contributed by atoms with E-state index >= 15 is 0 Å². The van der Waals surface area contributed by atoms with E-state index in [0.717, 1.165) is 22.3 Å². The van der Waals surface area contributed by atoms with Gasteiger partial charge in [0.1, 0.15) is 36.6 Å². The second kappa shape index (κ2) is 18.8. The molecule has 0 bridgehead atoms. The van der Waals surface area contributed by atoms with Crippen molar-refractivity contribution < 1.29 is 42.7 Å². The third-order valence-corrected chi connectivity index (χ3v) is 9.84. The topological polar surface area (TPSA) is 152 Å². The van der Waals surface area contributed by atoms with Crippen LogP contribution >= 0.6 is 0 Å². The van der Waals surface area contributed by atoms with Crippen LogP contribution in [0.4, 0.5) is 0 Å². The van der Waals surface area contributed by atoms with Gasteiger partial charge < -0.3 is 43.2 Å². The second-order valence-corrected chi connectivity index (χ2v) is 13.8. The summed E-state index contributed by atoms with van der Waals surface area (Å²) in [6, 6.07) is 38.1. The van der Waals surface area contributed by atoms with Gasteiger partial charge in [0.05, 0.1) is 38.6 Å². The number of amides is 1. The number of nitrogens with one attached hydrogen (secondary N) is 1. The largest absolute Gasteiger partial charge is 0.368 e. The van der Waals surface area contributed by atoms with Gasteiger partial charge in [-0.2, -0.15) is 0 Å². The molecule has 4 aromatic rings. The molecular formula is C42H46N4O9. The number of hydrogen-bond donors (Lipinski definition) is 1. The molecule has 0 aliphatic carbocycles. The number of hydrogen-bond acceptors (Lipinski definition) is 10. The first-order valence-electron chi connectivity index (χ1n) is 18.5. The number of ether oxygens (including phenoxy) is 8. The van der Waals surface area contributed by atoms with Gasteiger partial charge in [0, 0.05) is 17.4 Å². The highest BCUT2D eigenvalue weighted by molar-refractivity contribution is 5.73. The minimum absolute atomic E-state index is 0.113. The van der Waals surface area contributed by atoms with E-state index in [2.05, 4.69) is 15.3 Å². The Morgan fingerprint density at radius 2 is 1.25 bits per heavy atom. The Kier molecular flexibility index (Phi) is 13.2. The smallest absolute Gasteiger partial charge is 0.217 e. The van der Waals surface area contributed by atoms with E-state index < -0.39 is 67.6 Å². The summed E-state index contributed by atoms with van der Waals surface area (Å²) in [7, 11) is 0. The number of carbonyl (C=O) groups excluding carboxylic acids is 1. The Morgan fingerprint density at radius 3 is 1.80 bits per heavy atom. The van der Waals surface area contributed by atoms with Crippen molar-refractivity contribution in [3.63, 3.8) is 0 Å². The molecule has 13 nitrogen and oxygen atoms in total. The second-order valence-electron chi connectivity index (χ2n) is 13.8. The lowest BCUT2D eigenvalue weighted by Crippen LogP contribution is -2.69. The number of benzene rings is 4. The molecule has 288 valence electrons. The van der Waals surface area contributed by atoms with E-state index in [9.17, 15) is 10.3 Å². The molecule has 1 N–H and O–H groups in total. The summed E-state index contributed by atoms with van der Waals surface area (Å²) in [6.07, 6.45) is -8.04. The van der Waals surface area contributed by atoms with Crippen molar-refractivity contribution in [2.45, 2.75) is 101 Å². The van der Waals surface area contributed by atoms with Crippen molar-refractivity contribution >= 4 is 5.91 Å². The fourth-order valence-corrected chi connectivity index (χ4v) is 7.20. The molecule has 3 saturated heterocycles. The highest BCUT2D eigenvalue weighted by Gasteiger charge is 2.55. The number of fused-ring (bicyclic) bond motifs is 1. The van der Waals surface area contributed by atoms with Crippen LogP contribution in [0.15, 0.2) is 126 Å². The van der Waals surface area contributed by atoms with Gasteiger partial charge in [0.25, 0.3) is 0 Å². The molecule has 13 heteroatoms. The lowest BCUT2D eigenvalue weighted by Gasteiger charge is -2.51. The lowest BCUT2D eigenvalue weighted by atomic mass is 9.93. The maximum Gasteiger partial charge on any atom is 0.217 e. The zero-order chi connectivity index (χ0) is 38.0. The van der Waals surface area contributed by atoms with Crippen LogP contribution in [0.1, 0.15) is 42.4 Å². The molecule has 3 heterocycles.